The minimum atomic E-state index is -0.851. The van der Waals surface area contributed by atoms with Gasteiger partial charge in [0.25, 0.3) is 0 Å². The Labute approximate surface area is 177 Å². The predicted molar refractivity (Wildman–Crippen MR) is 116 cm³/mol. The Morgan fingerprint density at radius 3 is 2.20 bits per heavy atom. The molecule has 0 radical (unpaired) electrons. The molecule has 1 N–H and O–H groups in total. The quantitative estimate of drug-likeness (QED) is 0.692. The first kappa shape index (κ1) is 20.6. The van der Waals surface area contributed by atoms with Gasteiger partial charge in [-0.2, -0.15) is 0 Å². The SMILES string of the molecule is Cc1cc(C)c(NC(=O)C2(N3C(=O)CC3c3ccc(F)cc3)CCCCC2)c(C)c1. The van der Waals surface area contributed by atoms with Crippen LogP contribution in [0, 0.1) is 26.6 Å². The molecule has 1 aliphatic heterocycles. The number of likely N-dealkylation sites (tertiary alicyclic amines) is 1. The lowest BCUT2D eigenvalue weighted by Gasteiger charge is -2.54. The van der Waals surface area contributed by atoms with Crippen LogP contribution in [-0.4, -0.2) is 22.3 Å². The van der Waals surface area contributed by atoms with Gasteiger partial charge in [-0.05, 0) is 62.4 Å². The van der Waals surface area contributed by atoms with Gasteiger partial charge < -0.3 is 10.2 Å². The van der Waals surface area contributed by atoms with E-state index in [4.69, 9.17) is 0 Å². The van der Waals surface area contributed by atoms with Gasteiger partial charge in [0.05, 0.1) is 12.5 Å². The van der Waals surface area contributed by atoms with Crippen molar-refractivity contribution in [2.45, 2.75) is 70.9 Å². The van der Waals surface area contributed by atoms with Gasteiger partial charge in [-0.1, -0.05) is 49.1 Å². The summed E-state index contributed by atoms with van der Waals surface area (Å²) in [5.74, 6) is -0.400. The maximum absolute atomic E-state index is 13.7. The van der Waals surface area contributed by atoms with Gasteiger partial charge in [0, 0.05) is 5.69 Å². The summed E-state index contributed by atoms with van der Waals surface area (Å²) in [4.78, 5) is 28.3. The van der Waals surface area contributed by atoms with Gasteiger partial charge in [0.1, 0.15) is 11.4 Å². The number of hydrogen-bond donors (Lipinski definition) is 1. The summed E-state index contributed by atoms with van der Waals surface area (Å²) in [6.07, 6.45) is 4.58. The van der Waals surface area contributed by atoms with E-state index in [0.29, 0.717) is 19.3 Å². The highest BCUT2D eigenvalue weighted by atomic mass is 19.1. The number of hydrogen-bond acceptors (Lipinski definition) is 2. The molecule has 1 heterocycles. The van der Waals surface area contributed by atoms with E-state index >= 15 is 0 Å². The van der Waals surface area contributed by atoms with E-state index in [1.165, 1.54) is 12.1 Å². The Kier molecular flexibility index (Phi) is 5.39. The number of amides is 2. The van der Waals surface area contributed by atoms with Gasteiger partial charge in [-0.15, -0.1) is 0 Å². The van der Waals surface area contributed by atoms with Crippen LogP contribution in [0.3, 0.4) is 0 Å². The molecule has 0 spiro atoms. The van der Waals surface area contributed by atoms with Crippen molar-refractivity contribution >= 4 is 17.5 Å². The highest BCUT2D eigenvalue weighted by Gasteiger charge is 2.54. The number of benzene rings is 2. The van der Waals surface area contributed by atoms with Crippen LogP contribution in [0.1, 0.15) is 66.8 Å². The Balaban J connectivity index is 1.68. The number of aryl methyl sites for hydroxylation is 3. The summed E-state index contributed by atoms with van der Waals surface area (Å²) in [7, 11) is 0. The summed E-state index contributed by atoms with van der Waals surface area (Å²) in [6, 6.07) is 10.2. The molecule has 0 bridgehead atoms. The minimum absolute atomic E-state index is 0.00118. The fraction of sp³-hybridized carbons (Fsp3) is 0.440. The maximum Gasteiger partial charge on any atom is 0.250 e. The van der Waals surface area contributed by atoms with Crippen molar-refractivity contribution in [3.8, 4) is 0 Å². The summed E-state index contributed by atoms with van der Waals surface area (Å²) < 4.78 is 13.4. The van der Waals surface area contributed by atoms with E-state index < -0.39 is 5.54 Å². The van der Waals surface area contributed by atoms with Crippen LogP contribution in [-0.2, 0) is 9.59 Å². The monoisotopic (exact) mass is 408 g/mol. The smallest absolute Gasteiger partial charge is 0.250 e. The number of β-lactam (4-membered cyclic amide) rings is 1. The second-order valence-electron chi connectivity index (χ2n) is 8.86. The Morgan fingerprint density at radius 1 is 1.03 bits per heavy atom. The Bertz CT molecular complexity index is 954. The van der Waals surface area contributed by atoms with Gasteiger partial charge in [0.2, 0.25) is 11.8 Å². The molecular formula is C25H29FN2O2. The van der Waals surface area contributed by atoms with Crippen LogP contribution in [0.2, 0.25) is 0 Å². The van der Waals surface area contributed by atoms with Gasteiger partial charge in [-0.25, -0.2) is 4.39 Å². The van der Waals surface area contributed by atoms with Crippen LogP contribution in [0.25, 0.3) is 0 Å². The highest BCUT2D eigenvalue weighted by Crippen LogP contribution is 2.47. The molecule has 1 atom stereocenters. The molecule has 2 fully saturated rings. The number of carbonyl (C=O) groups excluding carboxylic acids is 2. The van der Waals surface area contributed by atoms with E-state index in [9.17, 15) is 14.0 Å². The summed E-state index contributed by atoms with van der Waals surface area (Å²) >= 11 is 0. The van der Waals surface area contributed by atoms with Crippen molar-refractivity contribution in [3.63, 3.8) is 0 Å². The van der Waals surface area contributed by atoms with E-state index in [1.807, 2.05) is 20.8 Å². The first-order chi connectivity index (χ1) is 14.3. The molecular weight excluding hydrogens is 379 g/mol. The molecule has 1 unspecified atom stereocenters. The van der Waals surface area contributed by atoms with Crippen molar-refractivity contribution in [2.24, 2.45) is 0 Å². The summed E-state index contributed by atoms with van der Waals surface area (Å²) in [5, 5.41) is 3.17. The third-order valence-corrected chi connectivity index (χ3v) is 6.68. The molecule has 1 saturated heterocycles. The predicted octanol–water partition coefficient (Wildman–Crippen LogP) is 5.37. The molecule has 2 aromatic rings. The second kappa shape index (κ2) is 7.86. The normalized spacial score (nSPS) is 20.6. The van der Waals surface area contributed by atoms with Crippen LogP contribution >= 0.6 is 0 Å². The first-order valence-corrected chi connectivity index (χ1v) is 10.8. The van der Waals surface area contributed by atoms with Gasteiger partial charge in [0.15, 0.2) is 0 Å². The largest absolute Gasteiger partial charge is 0.324 e. The molecule has 1 aliphatic carbocycles. The van der Waals surface area contributed by atoms with Crippen molar-refractivity contribution in [1.82, 2.24) is 4.90 Å². The van der Waals surface area contributed by atoms with Crippen molar-refractivity contribution < 1.29 is 14.0 Å². The molecule has 0 aromatic heterocycles. The zero-order chi connectivity index (χ0) is 21.5. The third kappa shape index (κ3) is 3.51. The fourth-order valence-electron chi connectivity index (χ4n) is 5.23. The second-order valence-corrected chi connectivity index (χ2v) is 8.86. The zero-order valence-electron chi connectivity index (χ0n) is 17.9. The standard InChI is InChI=1S/C25H29FN2O2/c1-16-13-17(2)23(18(3)14-16)27-24(30)25(11-5-4-6-12-25)28-21(15-22(28)29)19-7-9-20(26)10-8-19/h7-10,13-14,21H,4-6,11-12,15H2,1-3H3,(H,27,30). The van der Waals surface area contributed by atoms with Crippen LogP contribution in [0.4, 0.5) is 10.1 Å². The van der Waals surface area contributed by atoms with E-state index in [0.717, 1.165) is 47.2 Å². The minimum Gasteiger partial charge on any atom is -0.324 e. The van der Waals surface area contributed by atoms with Crippen molar-refractivity contribution in [3.05, 3.63) is 64.5 Å². The molecule has 1 saturated carbocycles. The summed E-state index contributed by atoms with van der Waals surface area (Å²) in [5.41, 5.74) is 4.08. The fourth-order valence-corrected chi connectivity index (χ4v) is 5.23. The van der Waals surface area contributed by atoms with Crippen molar-refractivity contribution in [1.29, 1.82) is 0 Å². The lowest BCUT2D eigenvalue weighted by molar-refractivity contribution is -0.166. The first-order valence-electron chi connectivity index (χ1n) is 10.8. The van der Waals surface area contributed by atoms with Gasteiger partial charge >= 0.3 is 0 Å². The van der Waals surface area contributed by atoms with Crippen LogP contribution < -0.4 is 5.32 Å². The Hall–Kier alpha value is -2.69. The molecule has 4 nitrogen and oxygen atoms in total. The number of nitrogens with one attached hydrogen (secondary N) is 1. The summed E-state index contributed by atoms with van der Waals surface area (Å²) in [6.45, 7) is 6.04. The molecule has 2 aromatic carbocycles. The molecule has 4 rings (SSSR count). The van der Waals surface area contributed by atoms with Crippen LogP contribution in [0.15, 0.2) is 36.4 Å². The number of nitrogens with zero attached hydrogens (tertiary/aromatic N) is 1. The molecule has 158 valence electrons. The number of carbonyl (C=O) groups is 2. The lowest BCUT2D eigenvalue weighted by Crippen LogP contribution is -2.65. The average Bonchev–Trinajstić information content (AvgIpc) is 2.70. The average molecular weight is 409 g/mol. The molecule has 30 heavy (non-hydrogen) atoms. The number of anilines is 1. The number of halogens is 1. The highest BCUT2D eigenvalue weighted by molar-refractivity contribution is 6.03. The van der Waals surface area contributed by atoms with Crippen LogP contribution in [0.5, 0.6) is 0 Å². The topological polar surface area (TPSA) is 49.4 Å². The maximum atomic E-state index is 13.7. The zero-order valence-corrected chi connectivity index (χ0v) is 17.9. The molecule has 2 amide bonds. The van der Waals surface area contributed by atoms with E-state index in [-0.39, 0.29) is 23.7 Å². The molecule has 2 aliphatic rings. The van der Waals surface area contributed by atoms with E-state index in [1.54, 1.807) is 17.0 Å². The van der Waals surface area contributed by atoms with Crippen molar-refractivity contribution in [2.75, 3.05) is 5.32 Å². The molecule has 5 heteroatoms. The Morgan fingerprint density at radius 2 is 1.63 bits per heavy atom. The third-order valence-electron chi connectivity index (χ3n) is 6.68. The number of rotatable bonds is 4. The lowest BCUT2D eigenvalue weighted by atomic mass is 9.74. The van der Waals surface area contributed by atoms with E-state index in [2.05, 4.69) is 17.4 Å². The van der Waals surface area contributed by atoms with Gasteiger partial charge in [-0.3, -0.25) is 9.59 Å².